The van der Waals surface area contributed by atoms with Gasteiger partial charge in [-0.25, -0.2) is 9.97 Å². The fourth-order valence-corrected chi connectivity index (χ4v) is 5.10. The minimum Gasteiger partial charge on any atom is -0.497 e. The molecule has 0 spiro atoms. The smallest absolute Gasteiger partial charge is 0.254 e. The van der Waals surface area contributed by atoms with Gasteiger partial charge in [0.25, 0.3) is 5.91 Å². The molecule has 39 heavy (non-hydrogen) atoms. The molecule has 2 heterocycles. The molecular formula is C28H28ClN5O5. The average molecular weight is 550 g/mol. The molecule has 0 saturated heterocycles. The number of nitrogens with one attached hydrogen (secondary N) is 2. The van der Waals surface area contributed by atoms with E-state index >= 15 is 0 Å². The lowest BCUT2D eigenvalue weighted by Crippen LogP contribution is -2.40. The van der Waals surface area contributed by atoms with E-state index in [1.54, 1.807) is 37.4 Å². The number of carbonyl (C=O) groups excluding carboxylic acids is 3. The lowest BCUT2D eigenvalue weighted by molar-refractivity contribution is -0.123. The summed E-state index contributed by atoms with van der Waals surface area (Å²) >= 11 is 6.40. The number of ketones is 1. The van der Waals surface area contributed by atoms with Crippen LogP contribution in [0.5, 0.6) is 5.75 Å². The fourth-order valence-electron chi connectivity index (χ4n) is 4.90. The van der Waals surface area contributed by atoms with Crippen molar-refractivity contribution in [1.29, 1.82) is 0 Å². The summed E-state index contributed by atoms with van der Waals surface area (Å²) in [7, 11) is 1.54. The van der Waals surface area contributed by atoms with E-state index in [2.05, 4.69) is 20.6 Å². The Hall–Kier alpha value is -4.02. The van der Waals surface area contributed by atoms with Crippen LogP contribution in [0.4, 0.5) is 5.95 Å². The van der Waals surface area contributed by atoms with Gasteiger partial charge in [0.1, 0.15) is 18.1 Å². The van der Waals surface area contributed by atoms with Gasteiger partial charge in [0.2, 0.25) is 11.9 Å². The van der Waals surface area contributed by atoms with Crippen LogP contribution in [0, 0.1) is 0 Å². The molecule has 0 radical (unpaired) electrons. The third-order valence-electron chi connectivity index (χ3n) is 6.93. The van der Waals surface area contributed by atoms with Crippen LogP contribution in [0.25, 0.3) is 11.3 Å². The van der Waals surface area contributed by atoms with Crippen molar-refractivity contribution in [3.05, 3.63) is 70.4 Å². The summed E-state index contributed by atoms with van der Waals surface area (Å²) < 4.78 is 5.22. The topological polar surface area (TPSA) is 134 Å². The molecular weight excluding hydrogens is 522 g/mol. The van der Waals surface area contributed by atoms with E-state index in [4.69, 9.17) is 16.3 Å². The Morgan fingerprint density at radius 1 is 1.26 bits per heavy atom. The van der Waals surface area contributed by atoms with Gasteiger partial charge in [-0.1, -0.05) is 35.9 Å². The van der Waals surface area contributed by atoms with Gasteiger partial charge < -0.3 is 25.4 Å². The molecule has 0 bridgehead atoms. The largest absolute Gasteiger partial charge is 0.497 e. The predicted octanol–water partition coefficient (Wildman–Crippen LogP) is 3.14. The summed E-state index contributed by atoms with van der Waals surface area (Å²) in [4.78, 5) is 47.9. The van der Waals surface area contributed by atoms with E-state index in [0.29, 0.717) is 51.9 Å². The summed E-state index contributed by atoms with van der Waals surface area (Å²) in [6.45, 7) is -0.180. The molecule has 5 rings (SSSR count). The van der Waals surface area contributed by atoms with E-state index in [9.17, 15) is 19.5 Å². The highest BCUT2D eigenvalue weighted by Gasteiger charge is 2.30. The van der Waals surface area contributed by atoms with Gasteiger partial charge in [-0.05, 0) is 35.7 Å². The first kappa shape index (κ1) is 26.6. The van der Waals surface area contributed by atoms with Crippen LogP contribution >= 0.6 is 11.6 Å². The Bertz CT molecular complexity index is 1430. The maximum atomic E-state index is 13.2. The molecule has 1 aliphatic carbocycles. The highest BCUT2D eigenvalue weighted by atomic mass is 35.5. The van der Waals surface area contributed by atoms with Crippen molar-refractivity contribution in [2.75, 3.05) is 25.6 Å². The number of aliphatic hydroxyl groups excluding tert-OH is 1. The zero-order chi connectivity index (χ0) is 27.5. The molecule has 1 fully saturated rings. The number of benzene rings is 2. The number of aliphatic hydroxyl groups is 1. The molecule has 1 unspecified atom stereocenters. The number of hydrogen-bond acceptors (Lipinski definition) is 8. The first-order valence-corrected chi connectivity index (χ1v) is 13.0. The normalized spacial score (nSPS) is 17.2. The number of aromatic nitrogens is 2. The fraction of sp³-hybridized carbons (Fsp3) is 0.321. The third kappa shape index (κ3) is 5.86. The van der Waals surface area contributed by atoms with Crippen molar-refractivity contribution in [3.8, 4) is 17.0 Å². The van der Waals surface area contributed by atoms with Crippen LogP contribution in [0.15, 0.2) is 48.7 Å². The Kier molecular flexibility index (Phi) is 7.76. The number of ether oxygens (including phenoxy) is 1. The Balaban J connectivity index is 1.27. The van der Waals surface area contributed by atoms with Crippen LogP contribution in [-0.4, -0.2) is 63.9 Å². The van der Waals surface area contributed by atoms with Gasteiger partial charge in [-0.15, -0.1) is 0 Å². The van der Waals surface area contributed by atoms with Crippen LogP contribution in [0.1, 0.15) is 46.8 Å². The number of carbonyl (C=O) groups is 3. The second-order valence-electron chi connectivity index (χ2n) is 9.63. The Labute approximate surface area is 230 Å². The van der Waals surface area contributed by atoms with E-state index < -0.39 is 11.9 Å². The highest BCUT2D eigenvalue weighted by Crippen LogP contribution is 2.32. The van der Waals surface area contributed by atoms with Gasteiger partial charge >= 0.3 is 0 Å². The summed E-state index contributed by atoms with van der Waals surface area (Å²) in [5, 5.41) is 16.2. The zero-order valence-electron chi connectivity index (χ0n) is 21.3. The lowest BCUT2D eigenvalue weighted by Gasteiger charge is -2.20. The summed E-state index contributed by atoms with van der Waals surface area (Å²) in [6.07, 6.45) is 3.21. The monoisotopic (exact) mass is 549 g/mol. The molecule has 2 atom stereocenters. The Morgan fingerprint density at radius 3 is 2.85 bits per heavy atom. The average Bonchev–Trinajstić information content (AvgIpc) is 3.49. The van der Waals surface area contributed by atoms with Crippen LogP contribution in [0.3, 0.4) is 0 Å². The number of methoxy groups -OCH3 is 1. The molecule has 3 N–H and O–H groups in total. The minimum atomic E-state index is -0.635. The highest BCUT2D eigenvalue weighted by molar-refractivity contribution is 6.33. The number of fused-ring (bicyclic) bond motifs is 1. The number of hydrogen-bond donors (Lipinski definition) is 3. The van der Waals surface area contributed by atoms with Crippen LogP contribution in [-0.2, 0) is 16.1 Å². The molecule has 202 valence electrons. The Morgan fingerprint density at radius 2 is 2.10 bits per heavy atom. The van der Waals surface area contributed by atoms with Crippen molar-refractivity contribution >= 4 is 35.1 Å². The predicted molar refractivity (Wildman–Crippen MR) is 144 cm³/mol. The number of nitrogens with zero attached hydrogens (tertiary/aromatic N) is 3. The van der Waals surface area contributed by atoms with E-state index in [1.165, 1.54) is 11.1 Å². The maximum Gasteiger partial charge on any atom is 0.254 e. The molecule has 1 aromatic heterocycles. The van der Waals surface area contributed by atoms with Gasteiger partial charge in [-0.3, -0.25) is 14.4 Å². The van der Waals surface area contributed by atoms with Gasteiger partial charge in [0.15, 0.2) is 0 Å². The van der Waals surface area contributed by atoms with Gasteiger partial charge in [0.05, 0.1) is 36.7 Å². The van der Waals surface area contributed by atoms with Crippen molar-refractivity contribution in [3.63, 3.8) is 0 Å². The SMILES string of the molecule is COc1cccc([C@@H](CO)NC(=O)CN2Cc3ccc(-c4nc(NC5CCC(=O)C5)ncc4Cl)cc3C2=O)c1. The number of anilines is 1. The molecule has 1 saturated carbocycles. The van der Waals surface area contributed by atoms with Crippen LogP contribution < -0.4 is 15.4 Å². The number of Topliss-reactive ketones (excluding diaryl/α,β-unsaturated/α-hetero) is 1. The first-order valence-electron chi connectivity index (χ1n) is 12.6. The third-order valence-corrected chi connectivity index (χ3v) is 7.21. The maximum absolute atomic E-state index is 13.2. The van der Waals surface area contributed by atoms with Crippen molar-refractivity contribution in [2.45, 2.75) is 37.9 Å². The van der Waals surface area contributed by atoms with Gasteiger partial charge in [-0.2, -0.15) is 0 Å². The molecule has 2 aromatic carbocycles. The number of rotatable bonds is 9. The van der Waals surface area contributed by atoms with E-state index in [0.717, 1.165) is 12.0 Å². The first-order chi connectivity index (χ1) is 18.8. The second kappa shape index (κ2) is 11.4. The number of halogens is 1. The number of amides is 2. The van der Waals surface area contributed by atoms with Crippen molar-refractivity contribution < 1.29 is 24.2 Å². The second-order valence-corrected chi connectivity index (χ2v) is 10.0. The quantitative estimate of drug-likeness (QED) is 0.371. The summed E-state index contributed by atoms with van der Waals surface area (Å²) in [5.41, 5.74) is 3.06. The molecule has 11 heteroatoms. The van der Waals surface area contributed by atoms with E-state index in [-0.39, 0.29) is 37.4 Å². The van der Waals surface area contributed by atoms with Crippen LogP contribution in [0.2, 0.25) is 5.02 Å². The summed E-state index contributed by atoms with van der Waals surface area (Å²) in [5.74, 6) is 0.523. The van der Waals surface area contributed by atoms with E-state index in [1.807, 2.05) is 12.1 Å². The molecule has 1 aliphatic heterocycles. The lowest BCUT2D eigenvalue weighted by atomic mass is 10.0. The molecule has 10 nitrogen and oxygen atoms in total. The van der Waals surface area contributed by atoms with Gasteiger partial charge in [0, 0.05) is 36.6 Å². The molecule has 3 aromatic rings. The molecule has 2 amide bonds. The van der Waals surface area contributed by atoms with Crippen molar-refractivity contribution in [2.24, 2.45) is 0 Å². The van der Waals surface area contributed by atoms with Crippen molar-refractivity contribution in [1.82, 2.24) is 20.2 Å². The minimum absolute atomic E-state index is 0.0119. The summed E-state index contributed by atoms with van der Waals surface area (Å²) in [6, 6.07) is 11.8. The molecule has 2 aliphatic rings. The standard InChI is InChI=1S/C28H28ClN5O5/c1-39-21-4-2-3-16(9-21)24(15-35)32-25(37)14-34-13-18-6-5-17(10-22(18)27(34)38)26-23(29)12-30-28(33-26)31-19-7-8-20(36)11-19/h2-6,9-10,12,19,24,35H,7-8,11,13-15H2,1H3,(H,32,37)(H,30,31,33)/t19?,24-/m1/s1. The zero-order valence-corrected chi connectivity index (χ0v) is 22.1.